The van der Waals surface area contributed by atoms with Gasteiger partial charge in [0.1, 0.15) is 5.00 Å². The number of amides is 1. The van der Waals surface area contributed by atoms with Crippen molar-refractivity contribution >= 4 is 22.2 Å². The second kappa shape index (κ2) is 5.85. The number of thiophene rings is 1. The summed E-state index contributed by atoms with van der Waals surface area (Å²) in [5, 5.41) is 3.13. The molecule has 1 aromatic heterocycles. The Balaban J connectivity index is 1.98. The molecule has 1 saturated carbocycles. The zero-order valence-corrected chi connectivity index (χ0v) is 12.0. The molecule has 0 radical (unpaired) electrons. The fourth-order valence-electron chi connectivity index (χ4n) is 2.73. The summed E-state index contributed by atoms with van der Waals surface area (Å²) in [6, 6.07) is 2.06. The van der Waals surface area contributed by atoms with Crippen molar-refractivity contribution in [2.75, 3.05) is 18.5 Å². The van der Waals surface area contributed by atoms with Crippen LogP contribution in [0.1, 0.15) is 31.2 Å². The van der Waals surface area contributed by atoms with Crippen molar-refractivity contribution in [3.63, 3.8) is 0 Å². The number of anilines is 1. The van der Waals surface area contributed by atoms with Gasteiger partial charge in [-0.2, -0.15) is 0 Å². The van der Waals surface area contributed by atoms with Gasteiger partial charge >= 0.3 is 0 Å². The van der Waals surface area contributed by atoms with E-state index in [1.54, 1.807) is 11.3 Å². The molecule has 1 amide bonds. The lowest BCUT2D eigenvalue weighted by molar-refractivity contribution is -0.123. The number of nitrogens with zero attached hydrogens (tertiary/aromatic N) is 1. The first-order valence-corrected chi connectivity index (χ1v) is 7.53. The fourth-order valence-corrected chi connectivity index (χ4v) is 3.63. The van der Waals surface area contributed by atoms with Crippen LogP contribution in [0.3, 0.4) is 0 Å². The number of nitrogens with two attached hydrogens (primary N) is 1. The summed E-state index contributed by atoms with van der Waals surface area (Å²) in [5.74, 6) is 1.10. The van der Waals surface area contributed by atoms with Crippen LogP contribution in [0.4, 0.5) is 5.00 Å². The summed E-state index contributed by atoms with van der Waals surface area (Å²) in [7, 11) is 1.90. The number of carbonyl (C=O) groups is 1. The quantitative estimate of drug-likeness (QED) is 0.914. The molecule has 1 aromatic rings. The summed E-state index contributed by atoms with van der Waals surface area (Å²) >= 11 is 1.64. The molecule has 1 fully saturated rings. The summed E-state index contributed by atoms with van der Waals surface area (Å²) in [5.41, 5.74) is 6.87. The molecular weight excluding hydrogens is 244 g/mol. The van der Waals surface area contributed by atoms with Gasteiger partial charge in [-0.25, -0.2) is 0 Å². The number of hydrogen-bond acceptors (Lipinski definition) is 3. The fraction of sp³-hybridized carbons (Fsp3) is 0.643. The normalized spacial score (nSPS) is 23.9. The molecule has 4 heteroatoms. The van der Waals surface area contributed by atoms with Gasteiger partial charge in [-0.3, -0.25) is 4.79 Å². The van der Waals surface area contributed by atoms with Crippen molar-refractivity contribution in [3.8, 4) is 0 Å². The van der Waals surface area contributed by atoms with Crippen molar-refractivity contribution < 1.29 is 4.79 Å². The van der Waals surface area contributed by atoms with Crippen molar-refractivity contribution in [2.45, 2.75) is 32.6 Å². The maximum absolute atomic E-state index is 12.4. The van der Waals surface area contributed by atoms with Crippen LogP contribution < -0.4 is 10.6 Å². The van der Waals surface area contributed by atoms with Gasteiger partial charge in [0.15, 0.2) is 0 Å². The van der Waals surface area contributed by atoms with E-state index in [0.717, 1.165) is 37.2 Å². The third-order valence-corrected chi connectivity index (χ3v) is 5.09. The first-order valence-electron chi connectivity index (χ1n) is 6.65. The Kier molecular flexibility index (Phi) is 4.40. The van der Waals surface area contributed by atoms with E-state index in [-0.39, 0.29) is 11.8 Å². The van der Waals surface area contributed by atoms with Gasteiger partial charge in [-0.05, 0) is 62.1 Å². The van der Waals surface area contributed by atoms with Crippen molar-refractivity contribution in [3.05, 3.63) is 17.0 Å². The lowest BCUT2D eigenvalue weighted by atomic mass is 9.81. The lowest BCUT2D eigenvalue weighted by Crippen LogP contribution is -2.35. The van der Waals surface area contributed by atoms with Crippen molar-refractivity contribution in [2.24, 2.45) is 17.6 Å². The van der Waals surface area contributed by atoms with Gasteiger partial charge in [0.05, 0.1) is 0 Å². The van der Waals surface area contributed by atoms with Gasteiger partial charge in [-0.15, -0.1) is 11.3 Å². The Morgan fingerprint density at radius 3 is 2.61 bits per heavy atom. The highest BCUT2D eigenvalue weighted by Gasteiger charge is 2.28. The van der Waals surface area contributed by atoms with E-state index in [1.807, 2.05) is 17.3 Å². The highest BCUT2D eigenvalue weighted by molar-refractivity contribution is 7.14. The monoisotopic (exact) mass is 266 g/mol. The average molecular weight is 266 g/mol. The molecule has 0 unspecified atom stereocenters. The van der Waals surface area contributed by atoms with E-state index < -0.39 is 0 Å². The van der Waals surface area contributed by atoms with Crippen LogP contribution in [0.15, 0.2) is 11.4 Å². The summed E-state index contributed by atoms with van der Waals surface area (Å²) in [6.07, 6.45) is 4.19. The van der Waals surface area contributed by atoms with E-state index in [0.29, 0.717) is 5.92 Å². The maximum atomic E-state index is 12.4. The molecule has 18 heavy (non-hydrogen) atoms. The zero-order valence-electron chi connectivity index (χ0n) is 11.2. The molecule has 1 heterocycles. The Labute approximate surface area is 113 Å². The Morgan fingerprint density at radius 1 is 1.44 bits per heavy atom. The molecule has 0 saturated heterocycles. The number of hydrogen-bond donors (Lipinski definition) is 1. The van der Waals surface area contributed by atoms with Crippen molar-refractivity contribution in [1.82, 2.24) is 0 Å². The standard InChI is InChI=1S/C14H22N2OS/c1-10-7-8-18-14(10)16(2)13(17)12-5-3-11(9-15)4-6-12/h7-8,11-12H,3-6,9,15H2,1-2H3. The summed E-state index contributed by atoms with van der Waals surface area (Å²) in [6.45, 7) is 2.82. The molecule has 2 rings (SSSR count). The Hall–Kier alpha value is -0.870. The van der Waals surface area contributed by atoms with Gasteiger partial charge < -0.3 is 10.6 Å². The van der Waals surface area contributed by atoms with Crippen LogP contribution >= 0.6 is 11.3 Å². The molecule has 1 aliphatic carbocycles. The highest BCUT2D eigenvalue weighted by Crippen LogP contribution is 2.32. The molecule has 0 bridgehead atoms. The average Bonchev–Trinajstić information content (AvgIpc) is 2.83. The Morgan fingerprint density at radius 2 is 2.11 bits per heavy atom. The molecule has 0 aliphatic heterocycles. The SMILES string of the molecule is Cc1ccsc1N(C)C(=O)C1CCC(CN)CC1. The first-order chi connectivity index (χ1) is 8.63. The second-order valence-corrected chi connectivity index (χ2v) is 6.15. The van der Waals surface area contributed by atoms with E-state index in [1.165, 1.54) is 5.56 Å². The summed E-state index contributed by atoms with van der Waals surface area (Å²) in [4.78, 5) is 14.3. The minimum atomic E-state index is 0.194. The van der Waals surface area contributed by atoms with Gasteiger partial charge in [0.2, 0.25) is 5.91 Å². The smallest absolute Gasteiger partial charge is 0.230 e. The van der Waals surface area contributed by atoms with Crippen LogP contribution in [-0.2, 0) is 4.79 Å². The minimum Gasteiger partial charge on any atom is -0.330 e. The molecule has 100 valence electrons. The van der Waals surface area contributed by atoms with E-state index in [4.69, 9.17) is 5.73 Å². The van der Waals surface area contributed by atoms with Crippen LogP contribution in [0.25, 0.3) is 0 Å². The number of carbonyl (C=O) groups excluding carboxylic acids is 1. The van der Waals surface area contributed by atoms with Crippen LogP contribution in [0, 0.1) is 18.8 Å². The molecule has 0 aromatic carbocycles. The molecule has 0 atom stereocenters. The summed E-state index contributed by atoms with van der Waals surface area (Å²) < 4.78 is 0. The molecular formula is C14H22N2OS. The first kappa shape index (κ1) is 13.6. The predicted molar refractivity (Wildman–Crippen MR) is 77.0 cm³/mol. The molecule has 0 spiro atoms. The van der Waals surface area contributed by atoms with E-state index >= 15 is 0 Å². The highest BCUT2D eigenvalue weighted by atomic mass is 32.1. The molecule has 3 nitrogen and oxygen atoms in total. The number of aryl methyl sites for hydroxylation is 1. The van der Waals surface area contributed by atoms with Crippen LogP contribution in [0.2, 0.25) is 0 Å². The zero-order chi connectivity index (χ0) is 13.1. The Bertz CT molecular complexity index is 408. The number of rotatable bonds is 3. The van der Waals surface area contributed by atoms with E-state index in [2.05, 4.69) is 13.0 Å². The minimum absolute atomic E-state index is 0.194. The third kappa shape index (κ3) is 2.75. The third-order valence-electron chi connectivity index (χ3n) is 4.00. The van der Waals surface area contributed by atoms with Crippen molar-refractivity contribution in [1.29, 1.82) is 0 Å². The lowest BCUT2D eigenvalue weighted by Gasteiger charge is -2.29. The molecule has 1 aliphatic rings. The van der Waals surface area contributed by atoms with Gasteiger partial charge in [-0.1, -0.05) is 0 Å². The predicted octanol–water partition coefficient (Wildman–Crippen LogP) is 2.78. The molecule has 2 N–H and O–H groups in total. The van der Waals surface area contributed by atoms with Crippen LogP contribution in [-0.4, -0.2) is 19.5 Å². The van der Waals surface area contributed by atoms with E-state index in [9.17, 15) is 4.79 Å². The van der Waals surface area contributed by atoms with Crippen LogP contribution in [0.5, 0.6) is 0 Å². The second-order valence-electron chi connectivity index (χ2n) is 5.26. The maximum Gasteiger partial charge on any atom is 0.230 e. The van der Waals surface area contributed by atoms with Gasteiger partial charge in [0, 0.05) is 13.0 Å². The largest absolute Gasteiger partial charge is 0.330 e. The van der Waals surface area contributed by atoms with Gasteiger partial charge in [0.25, 0.3) is 0 Å². The topological polar surface area (TPSA) is 46.3 Å².